The van der Waals surface area contributed by atoms with Crippen LogP contribution in [0, 0.1) is 13.8 Å². The average Bonchev–Trinajstić information content (AvgIpc) is 3.02. The number of hydrogen-bond donors (Lipinski definition) is 0. The molecule has 2 aromatic rings. The molecule has 1 aliphatic carbocycles. The lowest BCUT2D eigenvalue weighted by Crippen LogP contribution is -2.25. The third-order valence-electron chi connectivity index (χ3n) is 7.59. The minimum absolute atomic E-state index is 0.238. The highest BCUT2D eigenvalue weighted by Gasteiger charge is 2.42. The molecule has 0 N–H and O–H groups in total. The van der Waals surface area contributed by atoms with E-state index in [4.69, 9.17) is 0 Å². The van der Waals surface area contributed by atoms with Crippen LogP contribution in [0.5, 0.6) is 0 Å². The van der Waals surface area contributed by atoms with Gasteiger partial charge in [-0.25, -0.2) is 0 Å². The molecule has 0 unspecified atom stereocenters. The van der Waals surface area contributed by atoms with Gasteiger partial charge in [0, 0.05) is 5.41 Å². The monoisotopic (exact) mass is 418 g/mol. The summed E-state index contributed by atoms with van der Waals surface area (Å²) in [6.45, 7) is 9.12. The Bertz CT molecular complexity index is 743. The van der Waals surface area contributed by atoms with Crippen molar-refractivity contribution in [1.29, 1.82) is 0 Å². The average molecular weight is 419 g/mol. The van der Waals surface area contributed by atoms with Crippen molar-refractivity contribution in [3.05, 3.63) is 58.7 Å². The van der Waals surface area contributed by atoms with Crippen LogP contribution in [0.1, 0.15) is 126 Å². The Balaban J connectivity index is 1.84. The Morgan fingerprint density at radius 2 is 0.903 bits per heavy atom. The molecule has 170 valence electrons. The van der Waals surface area contributed by atoms with Gasteiger partial charge in [0.1, 0.15) is 0 Å². The van der Waals surface area contributed by atoms with E-state index in [1.807, 2.05) is 0 Å². The van der Waals surface area contributed by atoms with E-state index in [9.17, 15) is 0 Å². The predicted molar refractivity (Wildman–Crippen MR) is 138 cm³/mol. The van der Waals surface area contributed by atoms with Crippen LogP contribution in [0.15, 0.2) is 36.4 Å². The minimum Gasteiger partial charge on any atom is -0.0654 e. The first-order valence-corrected chi connectivity index (χ1v) is 13.3. The van der Waals surface area contributed by atoms with E-state index in [0.717, 1.165) is 0 Å². The Labute approximate surface area is 192 Å². The largest absolute Gasteiger partial charge is 0.0654 e. The SMILES string of the molecule is CCCCCCCCC1(CCCCCCCC)c2ccc(C)cc2-c2cc(C)ccc21. The molecule has 0 amide bonds. The highest BCUT2D eigenvalue weighted by Crippen LogP contribution is 2.54. The van der Waals surface area contributed by atoms with Gasteiger partial charge in [0.05, 0.1) is 0 Å². The summed E-state index contributed by atoms with van der Waals surface area (Å²) < 4.78 is 0. The van der Waals surface area contributed by atoms with Gasteiger partial charge in [0.15, 0.2) is 0 Å². The molecule has 0 atom stereocenters. The Morgan fingerprint density at radius 1 is 0.516 bits per heavy atom. The van der Waals surface area contributed by atoms with Crippen LogP contribution in [0.25, 0.3) is 11.1 Å². The molecule has 0 fully saturated rings. The minimum atomic E-state index is 0.238. The summed E-state index contributed by atoms with van der Waals surface area (Å²) in [5, 5.41) is 0. The standard InChI is InChI=1S/C31H46/c1-5-7-9-11-13-15-21-31(22-16-14-12-10-8-6-2)29-19-17-25(3)23-27(29)28-24-26(4)18-20-30(28)31/h17-20,23-24H,5-16,21-22H2,1-4H3. The van der Waals surface area contributed by atoms with Gasteiger partial charge in [0.25, 0.3) is 0 Å². The van der Waals surface area contributed by atoms with Gasteiger partial charge in [-0.15, -0.1) is 0 Å². The molecular formula is C31H46. The van der Waals surface area contributed by atoms with E-state index in [1.54, 1.807) is 11.1 Å². The Hall–Kier alpha value is -1.56. The fraction of sp³-hybridized carbons (Fsp3) is 0.613. The lowest BCUT2D eigenvalue weighted by molar-refractivity contribution is 0.398. The second-order valence-electron chi connectivity index (χ2n) is 10.2. The highest BCUT2D eigenvalue weighted by molar-refractivity contribution is 5.82. The van der Waals surface area contributed by atoms with Crippen molar-refractivity contribution in [2.45, 2.75) is 123 Å². The normalized spacial score (nSPS) is 13.9. The maximum Gasteiger partial charge on any atom is 0.0215 e. The first-order chi connectivity index (χ1) is 15.1. The van der Waals surface area contributed by atoms with Crippen molar-refractivity contribution in [2.24, 2.45) is 0 Å². The van der Waals surface area contributed by atoms with E-state index in [2.05, 4.69) is 64.1 Å². The first kappa shape index (κ1) is 24.1. The molecule has 0 saturated carbocycles. The summed E-state index contributed by atoms with van der Waals surface area (Å²) in [6, 6.07) is 14.6. The maximum absolute atomic E-state index is 2.48. The highest BCUT2D eigenvalue weighted by atomic mass is 14.4. The van der Waals surface area contributed by atoms with E-state index in [-0.39, 0.29) is 5.41 Å². The second-order valence-corrected chi connectivity index (χ2v) is 10.2. The summed E-state index contributed by atoms with van der Waals surface area (Å²) >= 11 is 0. The van der Waals surface area contributed by atoms with Crippen molar-refractivity contribution in [2.75, 3.05) is 0 Å². The third kappa shape index (κ3) is 5.82. The summed E-state index contributed by atoms with van der Waals surface area (Å²) in [5.41, 5.74) is 9.32. The third-order valence-corrected chi connectivity index (χ3v) is 7.59. The molecule has 2 aromatic carbocycles. The van der Waals surface area contributed by atoms with Crippen LogP contribution in [-0.4, -0.2) is 0 Å². The van der Waals surface area contributed by atoms with Gasteiger partial charge in [-0.05, 0) is 48.9 Å². The van der Waals surface area contributed by atoms with Gasteiger partial charge in [-0.3, -0.25) is 0 Å². The summed E-state index contributed by atoms with van der Waals surface area (Å²) in [4.78, 5) is 0. The molecular weight excluding hydrogens is 372 g/mol. The molecule has 0 saturated heterocycles. The molecule has 31 heavy (non-hydrogen) atoms. The number of aryl methyl sites for hydroxylation is 2. The molecule has 0 spiro atoms. The lowest BCUT2D eigenvalue weighted by atomic mass is 9.70. The topological polar surface area (TPSA) is 0 Å². The fourth-order valence-electron chi connectivity index (χ4n) is 5.82. The smallest absolute Gasteiger partial charge is 0.0215 e. The molecule has 0 nitrogen and oxygen atoms in total. The van der Waals surface area contributed by atoms with Crippen LogP contribution in [-0.2, 0) is 5.41 Å². The second kappa shape index (κ2) is 11.9. The van der Waals surface area contributed by atoms with E-state index < -0.39 is 0 Å². The number of benzene rings is 2. The zero-order valence-electron chi connectivity index (χ0n) is 20.9. The summed E-state index contributed by atoms with van der Waals surface area (Å²) in [5.74, 6) is 0. The van der Waals surface area contributed by atoms with E-state index in [1.165, 1.54) is 112 Å². The fourth-order valence-corrected chi connectivity index (χ4v) is 5.82. The molecule has 0 aromatic heterocycles. The number of unbranched alkanes of at least 4 members (excludes halogenated alkanes) is 10. The van der Waals surface area contributed by atoms with Gasteiger partial charge in [0.2, 0.25) is 0 Å². The van der Waals surface area contributed by atoms with Crippen molar-refractivity contribution in [3.63, 3.8) is 0 Å². The Morgan fingerprint density at radius 3 is 1.32 bits per heavy atom. The van der Waals surface area contributed by atoms with E-state index >= 15 is 0 Å². The quantitative estimate of drug-likeness (QED) is 0.268. The Kier molecular flexibility index (Phi) is 9.24. The lowest BCUT2D eigenvalue weighted by Gasteiger charge is -2.33. The van der Waals surface area contributed by atoms with Crippen LogP contribution in [0.2, 0.25) is 0 Å². The van der Waals surface area contributed by atoms with E-state index in [0.29, 0.717) is 0 Å². The summed E-state index contributed by atoms with van der Waals surface area (Å²) in [7, 11) is 0. The van der Waals surface area contributed by atoms with Crippen LogP contribution in [0.4, 0.5) is 0 Å². The zero-order chi connectivity index (χ0) is 22.1. The number of hydrogen-bond acceptors (Lipinski definition) is 0. The molecule has 0 heterocycles. The van der Waals surface area contributed by atoms with Crippen molar-refractivity contribution in [1.82, 2.24) is 0 Å². The van der Waals surface area contributed by atoms with Crippen LogP contribution >= 0.6 is 0 Å². The van der Waals surface area contributed by atoms with Gasteiger partial charge in [-0.2, -0.15) is 0 Å². The molecule has 3 rings (SSSR count). The maximum atomic E-state index is 2.48. The number of rotatable bonds is 14. The van der Waals surface area contributed by atoms with Crippen molar-refractivity contribution in [3.8, 4) is 11.1 Å². The first-order valence-electron chi connectivity index (χ1n) is 13.3. The predicted octanol–water partition coefficient (Wildman–Crippen LogP) is 10.1. The molecule has 0 aliphatic heterocycles. The molecule has 0 bridgehead atoms. The number of fused-ring (bicyclic) bond motifs is 3. The van der Waals surface area contributed by atoms with Crippen LogP contribution in [0.3, 0.4) is 0 Å². The molecule has 1 aliphatic rings. The molecule has 0 radical (unpaired) electrons. The zero-order valence-corrected chi connectivity index (χ0v) is 20.9. The van der Waals surface area contributed by atoms with Gasteiger partial charge >= 0.3 is 0 Å². The van der Waals surface area contributed by atoms with Gasteiger partial charge < -0.3 is 0 Å². The van der Waals surface area contributed by atoms with Crippen molar-refractivity contribution < 1.29 is 0 Å². The van der Waals surface area contributed by atoms with Crippen molar-refractivity contribution >= 4 is 0 Å². The van der Waals surface area contributed by atoms with Gasteiger partial charge in [-0.1, -0.05) is 138 Å². The summed E-state index contributed by atoms with van der Waals surface area (Å²) in [6.07, 6.45) is 19.2. The van der Waals surface area contributed by atoms with Crippen LogP contribution < -0.4 is 0 Å². The molecule has 0 heteroatoms.